The lowest BCUT2D eigenvalue weighted by atomic mass is 10.1. The van der Waals surface area contributed by atoms with E-state index in [0.29, 0.717) is 6.54 Å². The third kappa shape index (κ3) is 4.70. The molecule has 1 rings (SSSR count). The summed E-state index contributed by atoms with van der Waals surface area (Å²) >= 11 is 0. The molecule has 0 fully saturated rings. The van der Waals surface area contributed by atoms with Crippen LogP contribution in [0.2, 0.25) is 0 Å². The molecule has 0 radical (unpaired) electrons. The summed E-state index contributed by atoms with van der Waals surface area (Å²) in [6.45, 7) is 1.41. The Morgan fingerprint density at radius 1 is 1.28 bits per heavy atom. The largest absolute Gasteiger partial charge is 0.356 e. The summed E-state index contributed by atoms with van der Waals surface area (Å²) in [5, 5.41) is 0. The van der Waals surface area contributed by atoms with Gasteiger partial charge in [-0.15, -0.1) is 0 Å². The highest BCUT2D eigenvalue weighted by Gasteiger charge is 2.18. The Bertz CT molecular complexity index is 317. The fourth-order valence-electron chi connectivity index (χ4n) is 1.87. The molecule has 0 bridgehead atoms. The van der Waals surface area contributed by atoms with E-state index in [1.165, 1.54) is 5.56 Å². The van der Waals surface area contributed by atoms with Crippen LogP contribution < -0.4 is 5.73 Å². The Labute approximate surface area is 109 Å². The summed E-state index contributed by atoms with van der Waals surface area (Å²) in [6, 6.07) is 4.24. The normalized spacial score (nSPS) is 13.2. The second-order valence-electron chi connectivity index (χ2n) is 4.30. The third-order valence-corrected chi connectivity index (χ3v) is 3.07. The van der Waals surface area contributed by atoms with Gasteiger partial charge in [-0.2, -0.15) is 0 Å². The molecule has 1 heterocycles. The molecule has 102 valence electrons. The van der Waals surface area contributed by atoms with Crippen molar-refractivity contribution in [3.63, 3.8) is 0 Å². The van der Waals surface area contributed by atoms with Gasteiger partial charge in [-0.05, 0) is 24.7 Å². The molecule has 5 heteroatoms. The van der Waals surface area contributed by atoms with E-state index in [4.69, 9.17) is 15.2 Å². The number of ether oxygens (including phenoxy) is 2. The fraction of sp³-hybridized carbons (Fsp3) is 0.615. The van der Waals surface area contributed by atoms with Crippen molar-refractivity contribution in [2.24, 2.45) is 5.73 Å². The van der Waals surface area contributed by atoms with Gasteiger partial charge in [-0.3, -0.25) is 9.88 Å². The molecule has 0 amide bonds. The van der Waals surface area contributed by atoms with Crippen molar-refractivity contribution in [2.75, 3.05) is 27.8 Å². The molecule has 1 atom stereocenters. The van der Waals surface area contributed by atoms with Crippen LogP contribution in [0.4, 0.5) is 0 Å². The van der Waals surface area contributed by atoms with Gasteiger partial charge in [0.15, 0.2) is 6.29 Å². The Hall–Kier alpha value is -1.01. The van der Waals surface area contributed by atoms with Gasteiger partial charge in [0.1, 0.15) is 0 Å². The van der Waals surface area contributed by atoms with Gasteiger partial charge in [0.25, 0.3) is 0 Å². The maximum Gasteiger partial charge on any atom is 0.158 e. The second kappa shape index (κ2) is 8.16. The fourth-order valence-corrected chi connectivity index (χ4v) is 1.87. The van der Waals surface area contributed by atoms with Gasteiger partial charge < -0.3 is 15.2 Å². The van der Waals surface area contributed by atoms with E-state index in [9.17, 15) is 0 Å². The lowest BCUT2D eigenvalue weighted by Gasteiger charge is -2.29. The molecule has 0 saturated heterocycles. The van der Waals surface area contributed by atoms with E-state index >= 15 is 0 Å². The van der Waals surface area contributed by atoms with Crippen molar-refractivity contribution < 1.29 is 9.47 Å². The molecule has 0 aliphatic rings. The number of hydrogen-bond acceptors (Lipinski definition) is 5. The number of pyridine rings is 1. The zero-order valence-electron chi connectivity index (χ0n) is 11.4. The van der Waals surface area contributed by atoms with E-state index < -0.39 is 0 Å². The maximum absolute atomic E-state index is 5.82. The highest BCUT2D eigenvalue weighted by molar-refractivity contribution is 5.09. The lowest BCUT2D eigenvalue weighted by molar-refractivity contribution is -0.116. The van der Waals surface area contributed by atoms with E-state index in [1.54, 1.807) is 26.6 Å². The zero-order chi connectivity index (χ0) is 13.4. The first-order chi connectivity index (χ1) is 8.71. The van der Waals surface area contributed by atoms with Gasteiger partial charge in [-0.1, -0.05) is 0 Å². The first-order valence-corrected chi connectivity index (χ1v) is 6.06. The molecule has 0 saturated carbocycles. The Balaban J connectivity index is 2.54. The molecule has 1 aromatic heterocycles. The number of nitrogens with zero attached hydrogens (tertiary/aromatic N) is 2. The minimum absolute atomic E-state index is 0.210. The Morgan fingerprint density at radius 2 is 1.89 bits per heavy atom. The molecule has 1 unspecified atom stereocenters. The number of aromatic nitrogens is 1. The standard InChI is InChI=1S/C13H23N3O2/c1-16(10-11-4-6-15-7-5-11)12(9-14)8-13(17-2)18-3/h4-7,12-13H,8-10,14H2,1-3H3. The van der Waals surface area contributed by atoms with Gasteiger partial charge in [0.2, 0.25) is 0 Å². The first kappa shape index (κ1) is 15.0. The topological polar surface area (TPSA) is 60.6 Å². The summed E-state index contributed by atoms with van der Waals surface area (Å²) in [4.78, 5) is 6.22. The molecule has 5 nitrogen and oxygen atoms in total. The van der Waals surface area contributed by atoms with Crippen molar-refractivity contribution in [3.8, 4) is 0 Å². The van der Waals surface area contributed by atoms with Crippen LogP contribution in [0.1, 0.15) is 12.0 Å². The smallest absolute Gasteiger partial charge is 0.158 e. The Morgan fingerprint density at radius 3 is 2.39 bits per heavy atom. The van der Waals surface area contributed by atoms with Crippen LogP contribution in [-0.2, 0) is 16.0 Å². The summed E-state index contributed by atoms with van der Waals surface area (Å²) < 4.78 is 10.4. The quantitative estimate of drug-likeness (QED) is 0.696. The summed E-state index contributed by atoms with van der Waals surface area (Å²) in [5.74, 6) is 0. The molecule has 2 N–H and O–H groups in total. The highest BCUT2D eigenvalue weighted by Crippen LogP contribution is 2.11. The van der Waals surface area contributed by atoms with E-state index in [1.807, 2.05) is 12.1 Å². The predicted molar refractivity (Wildman–Crippen MR) is 71.0 cm³/mol. The molecule has 0 aromatic carbocycles. The number of rotatable bonds is 8. The monoisotopic (exact) mass is 253 g/mol. The Kier molecular flexibility index (Phi) is 6.82. The minimum atomic E-state index is -0.210. The van der Waals surface area contributed by atoms with Crippen molar-refractivity contribution in [1.82, 2.24) is 9.88 Å². The van der Waals surface area contributed by atoms with Gasteiger partial charge >= 0.3 is 0 Å². The maximum atomic E-state index is 5.82. The molecule has 0 aliphatic carbocycles. The minimum Gasteiger partial charge on any atom is -0.356 e. The molecular weight excluding hydrogens is 230 g/mol. The van der Waals surface area contributed by atoms with Crippen LogP contribution in [0.15, 0.2) is 24.5 Å². The van der Waals surface area contributed by atoms with Crippen molar-refractivity contribution in [2.45, 2.75) is 25.3 Å². The van der Waals surface area contributed by atoms with Crippen LogP contribution in [-0.4, -0.2) is 50.0 Å². The van der Waals surface area contributed by atoms with E-state index in [-0.39, 0.29) is 12.3 Å². The molecule has 0 aliphatic heterocycles. The van der Waals surface area contributed by atoms with Crippen molar-refractivity contribution >= 4 is 0 Å². The van der Waals surface area contributed by atoms with E-state index in [2.05, 4.69) is 16.9 Å². The predicted octanol–water partition coefficient (Wildman–Crippen LogP) is 0.850. The average molecular weight is 253 g/mol. The summed E-state index contributed by atoms with van der Waals surface area (Å²) in [7, 11) is 5.34. The van der Waals surface area contributed by atoms with Crippen LogP contribution in [0.25, 0.3) is 0 Å². The van der Waals surface area contributed by atoms with Crippen molar-refractivity contribution in [3.05, 3.63) is 30.1 Å². The second-order valence-corrected chi connectivity index (χ2v) is 4.30. The summed E-state index contributed by atoms with van der Waals surface area (Å²) in [6.07, 6.45) is 4.14. The van der Waals surface area contributed by atoms with Crippen LogP contribution in [0.5, 0.6) is 0 Å². The molecule has 18 heavy (non-hydrogen) atoms. The van der Waals surface area contributed by atoms with Crippen LogP contribution in [0.3, 0.4) is 0 Å². The highest BCUT2D eigenvalue weighted by atomic mass is 16.7. The van der Waals surface area contributed by atoms with Gasteiger partial charge in [0.05, 0.1) is 0 Å². The number of hydrogen-bond donors (Lipinski definition) is 1. The lowest BCUT2D eigenvalue weighted by Crippen LogP contribution is -2.40. The zero-order valence-corrected chi connectivity index (χ0v) is 11.4. The van der Waals surface area contributed by atoms with Crippen LogP contribution >= 0.6 is 0 Å². The van der Waals surface area contributed by atoms with Crippen molar-refractivity contribution in [1.29, 1.82) is 0 Å². The summed E-state index contributed by atoms with van der Waals surface area (Å²) in [5.41, 5.74) is 7.04. The average Bonchev–Trinajstić information content (AvgIpc) is 2.41. The van der Waals surface area contributed by atoms with E-state index in [0.717, 1.165) is 13.0 Å². The molecular formula is C13H23N3O2. The van der Waals surface area contributed by atoms with Gasteiger partial charge in [0, 0.05) is 52.2 Å². The van der Waals surface area contributed by atoms with Crippen LogP contribution in [0, 0.1) is 0 Å². The molecule has 0 spiro atoms. The van der Waals surface area contributed by atoms with Gasteiger partial charge in [-0.25, -0.2) is 0 Å². The third-order valence-electron chi connectivity index (χ3n) is 3.07. The first-order valence-electron chi connectivity index (χ1n) is 6.06. The molecule has 1 aromatic rings. The number of likely N-dealkylation sites (N-methyl/N-ethyl adjacent to an activating group) is 1. The number of nitrogens with two attached hydrogens (primary N) is 1. The SMILES string of the molecule is COC(CC(CN)N(C)Cc1ccncc1)OC. The number of methoxy groups -OCH3 is 2.